The predicted molar refractivity (Wildman–Crippen MR) is 99.5 cm³/mol. The molecule has 24 heavy (non-hydrogen) atoms. The summed E-state index contributed by atoms with van der Waals surface area (Å²) in [7, 11) is 0. The van der Waals surface area contributed by atoms with Gasteiger partial charge in [-0.1, -0.05) is 67.6 Å². The molecule has 1 aliphatic heterocycles. The Kier molecular flexibility index (Phi) is 5.47. The number of nitrogens with zero attached hydrogens (tertiary/aromatic N) is 1. The van der Waals surface area contributed by atoms with E-state index in [1.165, 1.54) is 18.4 Å². The molecule has 1 aliphatic rings. The van der Waals surface area contributed by atoms with Crippen molar-refractivity contribution < 1.29 is 4.79 Å². The number of Topliss-reactive ketones (excluding diaryl/α,β-unsaturated/α-hetero) is 1. The zero-order valence-corrected chi connectivity index (χ0v) is 14.6. The standard InChI is InChI=1S/C22H27NO/c1-22(20-12-6-3-7-13-20)15-9-17-23(18-22)16-8-14-21(24)19-10-4-2-5-11-19/h2-7,10-13H,8-9,14-18H2,1H3. The van der Waals surface area contributed by atoms with E-state index < -0.39 is 0 Å². The van der Waals surface area contributed by atoms with E-state index >= 15 is 0 Å². The van der Waals surface area contributed by atoms with Crippen LogP contribution < -0.4 is 0 Å². The summed E-state index contributed by atoms with van der Waals surface area (Å²) in [6, 6.07) is 20.5. The normalized spacial score (nSPS) is 21.5. The average molecular weight is 321 g/mol. The fraction of sp³-hybridized carbons (Fsp3) is 0.409. The molecule has 1 unspecified atom stereocenters. The Morgan fingerprint density at radius 1 is 1.04 bits per heavy atom. The molecule has 1 heterocycles. The maximum Gasteiger partial charge on any atom is 0.162 e. The molecule has 1 saturated heterocycles. The van der Waals surface area contributed by atoms with E-state index in [1.54, 1.807) is 0 Å². The lowest BCUT2D eigenvalue weighted by atomic mass is 9.76. The first-order chi connectivity index (χ1) is 11.7. The second-order valence-corrected chi connectivity index (χ2v) is 7.20. The van der Waals surface area contributed by atoms with Crippen molar-refractivity contribution >= 4 is 5.78 Å². The van der Waals surface area contributed by atoms with Gasteiger partial charge in [0.2, 0.25) is 0 Å². The zero-order valence-electron chi connectivity index (χ0n) is 14.6. The van der Waals surface area contributed by atoms with Crippen LogP contribution in [0.25, 0.3) is 0 Å². The summed E-state index contributed by atoms with van der Waals surface area (Å²) < 4.78 is 0. The summed E-state index contributed by atoms with van der Waals surface area (Å²) in [4.78, 5) is 14.8. The number of likely N-dealkylation sites (tertiary alicyclic amines) is 1. The lowest BCUT2D eigenvalue weighted by Gasteiger charge is -2.41. The smallest absolute Gasteiger partial charge is 0.162 e. The molecule has 0 aliphatic carbocycles. The van der Waals surface area contributed by atoms with Gasteiger partial charge in [0, 0.05) is 23.9 Å². The number of rotatable bonds is 6. The predicted octanol–water partition coefficient (Wildman–Crippen LogP) is 4.70. The van der Waals surface area contributed by atoms with Crippen LogP contribution in [0.5, 0.6) is 0 Å². The molecule has 0 saturated carbocycles. The summed E-state index contributed by atoms with van der Waals surface area (Å²) in [6.45, 7) is 5.64. The van der Waals surface area contributed by atoms with Gasteiger partial charge in [0.15, 0.2) is 5.78 Å². The van der Waals surface area contributed by atoms with Crippen LogP contribution in [0, 0.1) is 0 Å². The van der Waals surface area contributed by atoms with Crippen molar-refractivity contribution in [3.05, 3.63) is 71.8 Å². The summed E-state index contributed by atoms with van der Waals surface area (Å²) >= 11 is 0. The van der Waals surface area contributed by atoms with Crippen molar-refractivity contribution in [2.75, 3.05) is 19.6 Å². The van der Waals surface area contributed by atoms with Gasteiger partial charge < -0.3 is 4.90 Å². The number of benzene rings is 2. The van der Waals surface area contributed by atoms with Crippen molar-refractivity contribution in [2.24, 2.45) is 0 Å². The third-order valence-electron chi connectivity index (χ3n) is 5.22. The van der Waals surface area contributed by atoms with Crippen LogP contribution >= 0.6 is 0 Å². The largest absolute Gasteiger partial charge is 0.302 e. The second kappa shape index (κ2) is 7.76. The molecule has 1 fully saturated rings. The Balaban J connectivity index is 1.52. The van der Waals surface area contributed by atoms with Crippen molar-refractivity contribution in [2.45, 2.75) is 38.0 Å². The number of carbonyl (C=O) groups excluding carboxylic acids is 1. The molecule has 2 aromatic rings. The van der Waals surface area contributed by atoms with E-state index in [4.69, 9.17) is 0 Å². The van der Waals surface area contributed by atoms with E-state index in [0.717, 1.165) is 31.6 Å². The SMILES string of the molecule is CC1(c2ccccc2)CCCN(CCCC(=O)c2ccccc2)C1. The van der Waals surface area contributed by atoms with Gasteiger partial charge >= 0.3 is 0 Å². The molecular weight excluding hydrogens is 294 g/mol. The van der Waals surface area contributed by atoms with Gasteiger partial charge in [-0.25, -0.2) is 0 Å². The Morgan fingerprint density at radius 2 is 1.71 bits per heavy atom. The van der Waals surface area contributed by atoms with Gasteiger partial charge in [0.25, 0.3) is 0 Å². The summed E-state index contributed by atoms with van der Waals surface area (Å²) in [5.41, 5.74) is 2.52. The second-order valence-electron chi connectivity index (χ2n) is 7.20. The average Bonchev–Trinajstić information content (AvgIpc) is 2.63. The topological polar surface area (TPSA) is 20.3 Å². The molecule has 3 rings (SSSR count). The maximum absolute atomic E-state index is 12.2. The van der Waals surface area contributed by atoms with Gasteiger partial charge in [0.05, 0.1) is 0 Å². The van der Waals surface area contributed by atoms with Crippen molar-refractivity contribution in [1.29, 1.82) is 0 Å². The highest BCUT2D eigenvalue weighted by molar-refractivity contribution is 5.95. The molecule has 0 aromatic heterocycles. The van der Waals surface area contributed by atoms with Gasteiger partial charge in [-0.15, -0.1) is 0 Å². The lowest BCUT2D eigenvalue weighted by Crippen LogP contribution is -2.44. The minimum atomic E-state index is 0.239. The number of carbonyl (C=O) groups is 1. The van der Waals surface area contributed by atoms with Crippen molar-refractivity contribution in [3.63, 3.8) is 0 Å². The lowest BCUT2D eigenvalue weighted by molar-refractivity contribution is 0.0966. The summed E-state index contributed by atoms with van der Waals surface area (Å²) in [5.74, 6) is 0.262. The van der Waals surface area contributed by atoms with E-state index in [0.29, 0.717) is 6.42 Å². The Hall–Kier alpha value is -1.93. The molecule has 126 valence electrons. The Morgan fingerprint density at radius 3 is 2.42 bits per heavy atom. The Labute approximate surface area is 145 Å². The molecule has 0 spiro atoms. The number of hydrogen-bond acceptors (Lipinski definition) is 2. The monoisotopic (exact) mass is 321 g/mol. The van der Waals surface area contributed by atoms with Crippen LogP contribution in [0.3, 0.4) is 0 Å². The molecule has 0 radical (unpaired) electrons. The number of ketones is 1. The summed E-state index contributed by atoms with van der Waals surface area (Å²) in [6.07, 6.45) is 4.07. The minimum Gasteiger partial charge on any atom is -0.302 e. The van der Waals surface area contributed by atoms with E-state index in [2.05, 4.69) is 42.2 Å². The molecule has 2 aromatic carbocycles. The van der Waals surface area contributed by atoms with Crippen LogP contribution in [-0.4, -0.2) is 30.3 Å². The first-order valence-electron chi connectivity index (χ1n) is 9.03. The van der Waals surface area contributed by atoms with Gasteiger partial charge in [0.1, 0.15) is 0 Å². The first-order valence-corrected chi connectivity index (χ1v) is 9.03. The highest BCUT2D eigenvalue weighted by Gasteiger charge is 2.32. The van der Waals surface area contributed by atoms with E-state index in [1.807, 2.05) is 30.3 Å². The molecule has 0 bridgehead atoms. The maximum atomic E-state index is 12.2. The van der Waals surface area contributed by atoms with Crippen LogP contribution in [0.4, 0.5) is 0 Å². The van der Waals surface area contributed by atoms with Crippen LogP contribution in [0.2, 0.25) is 0 Å². The number of piperidine rings is 1. The fourth-order valence-corrected chi connectivity index (χ4v) is 3.84. The van der Waals surface area contributed by atoms with E-state index in [9.17, 15) is 4.79 Å². The molecule has 0 N–H and O–H groups in total. The highest BCUT2D eigenvalue weighted by Crippen LogP contribution is 2.33. The molecule has 0 amide bonds. The van der Waals surface area contributed by atoms with Gasteiger partial charge in [-0.05, 0) is 37.9 Å². The number of hydrogen-bond donors (Lipinski definition) is 0. The first kappa shape index (κ1) is 16.9. The van der Waals surface area contributed by atoms with E-state index in [-0.39, 0.29) is 11.2 Å². The highest BCUT2D eigenvalue weighted by atomic mass is 16.1. The van der Waals surface area contributed by atoms with Crippen LogP contribution in [0.15, 0.2) is 60.7 Å². The molecule has 2 nitrogen and oxygen atoms in total. The van der Waals surface area contributed by atoms with Gasteiger partial charge in [-0.3, -0.25) is 4.79 Å². The zero-order chi connectivity index (χ0) is 16.8. The molecule has 2 heteroatoms. The fourth-order valence-electron chi connectivity index (χ4n) is 3.84. The van der Waals surface area contributed by atoms with Crippen LogP contribution in [-0.2, 0) is 5.41 Å². The van der Waals surface area contributed by atoms with Crippen molar-refractivity contribution in [3.8, 4) is 0 Å². The molecular formula is C22H27NO. The quantitative estimate of drug-likeness (QED) is 0.719. The van der Waals surface area contributed by atoms with Crippen molar-refractivity contribution in [1.82, 2.24) is 4.90 Å². The summed E-state index contributed by atoms with van der Waals surface area (Å²) in [5, 5.41) is 0. The van der Waals surface area contributed by atoms with Crippen LogP contribution in [0.1, 0.15) is 48.5 Å². The third-order valence-corrected chi connectivity index (χ3v) is 5.22. The third kappa shape index (κ3) is 4.12. The Bertz CT molecular complexity index is 652. The minimum absolute atomic E-state index is 0.239. The molecule has 1 atom stereocenters. The van der Waals surface area contributed by atoms with Gasteiger partial charge in [-0.2, -0.15) is 0 Å².